The zero-order valence-electron chi connectivity index (χ0n) is 15.6. The normalized spacial score (nSPS) is 13.9. The van der Waals surface area contributed by atoms with Gasteiger partial charge in [-0.25, -0.2) is 4.90 Å². The van der Waals surface area contributed by atoms with Crippen LogP contribution in [-0.2, 0) is 9.59 Å². The second-order valence-corrected chi connectivity index (χ2v) is 8.06. The topological polar surface area (TPSA) is 49.4 Å². The number of para-hydroxylation sites is 1. The maximum atomic E-state index is 13.2. The highest BCUT2D eigenvalue weighted by atomic mass is 35.5. The number of anilines is 2. The van der Waals surface area contributed by atoms with Crippen molar-refractivity contribution < 1.29 is 9.59 Å². The molecule has 0 saturated carbocycles. The number of nitrogens with one attached hydrogen (secondary N) is 1. The molecule has 2 amide bonds. The highest BCUT2D eigenvalue weighted by molar-refractivity contribution is 8.04. The molecule has 0 aromatic heterocycles. The molecule has 1 heterocycles. The number of halogens is 1. The second kappa shape index (κ2) is 8.15. The largest absolute Gasteiger partial charge is 0.350 e. The summed E-state index contributed by atoms with van der Waals surface area (Å²) in [6.07, 6.45) is 0. The molecule has 0 fully saturated rings. The van der Waals surface area contributed by atoms with Crippen LogP contribution in [0.15, 0.2) is 94.4 Å². The van der Waals surface area contributed by atoms with Crippen LogP contribution >= 0.6 is 23.4 Å². The average molecular weight is 421 g/mol. The summed E-state index contributed by atoms with van der Waals surface area (Å²) < 4.78 is 0. The van der Waals surface area contributed by atoms with Gasteiger partial charge in [0, 0.05) is 15.6 Å². The number of nitrogens with zero attached hydrogens (tertiary/aromatic N) is 1. The third-order valence-electron chi connectivity index (χ3n) is 4.38. The lowest BCUT2D eigenvalue weighted by atomic mass is 10.2. The van der Waals surface area contributed by atoms with E-state index in [-0.39, 0.29) is 17.5 Å². The van der Waals surface area contributed by atoms with Crippen LogP contribution in [0.5, 0.6) is 0 Å². The van der Waals surface area contributed by atoms with Gasteiger partial charge in [-0.3, -0.25) is 9.59 Å². The van der Waals surface area contributed by atoms with E-state index in [2.05, 4.69) is 5.32 Å². The molecule has 0 spiro atoms. The van der Waals surface area contributed by atoms with E-state index in [0.717, 1.165) is 16.1 Å². The van der Waals surface area contributed by atoms with Crippen LogP contribution in [-0.4, -0.2) is 11.8 Å². The molecule has 0 aliphatic carbocycles. The fourth-order valence-corrected chi connectivity index (χ4v) is 4.07. The molecule has 0 atom stereocenters. The molecule has 0 saturated heterocycles. The van der Waals surface area contributed by atoms with E-state index in [1.165, 1.54) is 16.7 Å². The first-order chi connectivity index (χ1) is 14.0. The standard InChI is InChI=1S/C23H17ClN2O2S/c1-15-6-5-7-17(14-15)25-20-21(29-19-12-10-16(24)11-13-19)23(28)26(22(20)27)18-8-3-2-4-9-18/h2-14,25H,1H3. The summed E-state index contributed by atoms with van der Waals surface area (Å²) in [5.41, 5.74) is 2.62. The number of hydrogen-bond acceptors (Lipinski definition) is 4. The van der Waals surface area contributed by atoms with Crippen molar-refractivity contribution in [2.45, 2.75) is 11.8 Å². The number of hydrogen-bond donors (Lipinski definition) is 1. The molecule has 0 unspecified atom stereocenters. The van der Waals surface area contributed by atoms with Gasteiger partial charge in [-0.2, -0.15) is 0 Å². The lowest BCUT2D eigenvalue weighted by Gasteiger charge is -2.15. The van der Waals surface area contributed by atoms with Gasteiger partial charge in [-0.05, 0) is 61.0 Å². The molecule has 4 rings (SSSR count). The number of carbonyl (C=O) groups is 2. The van der Waals surface area contributed by atoms with Crippen molar-refractivity contribution in [2.24, 2.45) is 0 Å². The van der Waals surface area contributed by atoms with Gasteiger partial charge in [0.1, 0.15) is 10.6 Å². The number of amides is 2. The molecule has 3 aromatic rings. The molecule has 1 aliphatic heterocycles. The third kappa shape index (κ3) is 4.06. The highest BCUT2D eigenvalue weighted by Crippen LogP contribution is 2.38. The monoisotopic (exact) mass is 420 g/mol. The fraction of sp³-hybridized carbons (Fsp3) is 0.0435. The molecule has 0 radical (unpaired) electrons. The molecule has 1 N–H and O–H groups in total. The summed E-state index contributed by atoms with van der Waals surface area (Å²) in [5.74, 6) is -0.726. The fourth-order valence-electron chi connectivity index (χ4n) is 3.01. The summed E-state index contributed by atoms with van der Waals surface area (Å²) in [5, 5.41) is 3.78. The number of thioether (sulfide) groups is 1. The zero-order valence-corrected chi connectivity index (χ0v) is 17.1. The van der Waals surface area contributed by atoms with Crippen molar-refractivity contribution in [1.29, 1.82) is 0 Å². The predicted octanol–water partition coefficient (Wildman–Crippen LogP) is 5.64. The lowest BCUT2D eigenvalue weighted by Crippen LogP contribution is -2.32. The molecule has 0 bridgehead atoms. The van der Waals surface area contributed by atoms with Gasteiger partial charge >= 0.3 is 0 Å². The Morgan fingerprint density at radius 1 is 0.862 bits per heavy atom. The number of imide groups is 1. The van der Waals surface area contributed by atoms with Gasteiger partial charge < -0.3 is 5.32 Å². The number of benzene rings is 3. The highest BCUT2D eigenvalue weighted by Gasteiger charge is 2.40. The quantitative estimate of drug-likeness (QED) is 0.543. The van der Waals surface area contributed by atoms with Crippen molar-refractivity contribution >= 4 is 46.6 Å². The Morgan fingerprint density at radius 3 is 2.28 bits per heavy atom. The minimum absolute atomic E-state index is 0.268. The Kier molecular flexibility index (Phi) is 5.43. The predicted molar refractivity (Wildman–Crippen MR) is 118 cm³/mol. The van der Waals surface area contributed by atoms with Gasteiger partial charge in [0.2, 0.25) is 0 Å². The Hall–Kier alpha value is -3.02. The second-order valence-electron chi connectivity index (χ2n) is 6.54. The van der Waals surface area contributed by atoms with Gasteiger partial charge in [0.25, 0.3) is 11.8 Å². The number of carbonyl (C=O) groups excluding carboxylic acids is 2. The summed E-state index contributed by atoms with van der Waals surface area (Å²) in [4.78, 5) is 28.8. The maximum Gasteiger partial charge on any atom is 0.283 e. The minimum atomic E-state index is -0.376. The first kappa shape index (κ1) is 19.3. The summed E-state index contributed by atoms with van der Waals surface area (Å²) in [6, 6.07) is 23.8. The SMILES string of the molecule is Cc1cccc(NC2=C(Sc3ccc(Cl)cc3)C(=O)N(c3ccccc3)C2=O)c1. The van der Waals surface area contributed by atoms with Gasteiger partial charge in [-0.15, -0.1) is 0 Å². The zero-order chi connectivity index (χ0) is 20.4. The van der Waals surface area contributed by atoms with Crippen LogP contribution in [0.1, 0.15) is 5.56 Å². The van der Waals surface area contributed by atoms with Gasteiger partial charge in [-0.1, -0.05) is 53.7 Å². The van der Waals surface area contributed by atoms with Crippen molar-refractivity contribution in [3.05, 3.63) is 100 Å². The average Bonchev–Trinajstić information content (AvgIpc) is 2.94. The number of aryl methyl sites for hydroxylation is 1. The molecule has 1 aliphatic rings. The van der Waals surface area contributed by atoms with E-state index in [9.17, 15) is 9.59 Å². The van der Waals surface area contributed by atoms with E-state index in [4.69, 9.17) is 11.6 Å². The Labute approximate surface area is 178 Å². The molecule has 144 valence electrons. The molecule has 4 nitrogen and oxygen atoms in total. The van der Waals surface area contributed by atoms with Crippen molar-refractivity contribution in [3.63, 3.8) is 0 Å². The van der Waals surface area contributed by atoms with E-state index < -0.39 is 0 Å². The van der Waals surface area contributed by atoms with E-state index in [1.54, 1.807) is 36.4 Å². The van der Waals surface area contributed by atoms with Crippen LogP contribution in [0.25, 0.3) is 0 Å². The minimum Gasteiger partial charge on any atom is -0.350 e. The van der Waals surface area contributed by atoms with Gasteiger partial charge in [0.15, 0.2) is 0 Å². The van der Waals surface area contributed by atoms with E-state index >= 15 is 0 Å². The van der Waals surface area contributed by atoms with Crippen LogP contribution in [0, 0.1) is 6.92 Å². The molecular weight excluding hydrogens is 404 g/mol. The van der Waals surface area contributed by atoms with Crippen LogP contribution in [0.2, 0.25) is 5.02 Å². The Bertz CT molecular complexity index is 1110. The Morgan fingerprint density at radius 2 is 1.59 bits per heavy atom. The van der Waals surface area contributed by atoms with Crippen LogP contribution < -0.4 is 10.2 Å². The van der Waals surface area contributed by atoms with Crippen LogP contribution in [0.3, 0.4) is 0 Å². The lowest BCUT2D eigenvalue weighted by molar-refractivity contribution is -0.120. The van der Waals surface area contributed by atoms with Gasteiger partial charge in [0.05, 0.1) is 5.69 Å². The smallest absolute Gasteiger partial charge is 0.283 e. The summed E-state index contributed by atoms with van der Waals surface area (Å²) in [7, 11) is 0. The third-order valence-corrected chi connectivity index (χ3v) is 5.72. The number of rotatable bonds is 5. The first-order valence-corrected chi connectivity index (χ1v) is 10.2. The Balaban J connectivity index is 1.74. The van der Waals surface area contributed by atoms with Crippen molar-refractivity contribution in [3.8, 4) is 0 Å². The molecular formula is C23H17ClN2O2S. The van der Waals surface area contributed by atoms with E-state index in [1.807, 2.05) is 49.4 Å². The molecule has 3 aromatic carbocycles. The first-order valence-electron chi connectivity index (χ1n) is 8.98. The van der Waals surface area contributed by atoms with Crippen LogP contribution in [0.4, 0.5) is 11.4 Å². The summed E-state index contributed by atoms with van der Waals surface area (Å²) in [6.45, 7) is 1.97. The summed E-state index contributed by atoms with van der Waals surface area (Å²) >= 11 is 7.22. The maximum absolute atomic E-state index is 13.2. The molecule has 6 heteroatoms. The molecule has 29 heavy (non-hydrogen) atoms. The van der Waals surface area contributed by atoms with Crippen molar-refractivity contribution in [1.82, 2.24) is 0 Å². The van der Waals surface area contributed by atoms with E-state index in [0.29, 0.717) is 15.6 Å². The van der Waals surface area contributed by atoms with Crippen molar-refractivity contribution in [2.75, 3.05) is 10.2 Å².